The fourth-order valence-electron chi connectivity index (χ4n) is 3.23. The van der Waals surface area contributed by atoms with Gasteiger partial charge in [-0.2, -0.15) is 0 Å². The van der Waals surface area contributed by atoms with Crippen LogP contribution in [0.1, 0.15) is 22.7 Å². The van der Waals surface area contributed by atoms with Crippen LogP contribution in [0.2, 0.25) is 15.1 Å². The molecule has 4 rings (SSSR count). The first-order valence-electron chi connectivity index (χ1n) is 9.00. The third kappa shape index (κ3) is 4.59. The second-order valence-corrected chi connectivity index (χ2v) is 7.81. The third-order valence-electron chi connectivity index (χ3n) is 4.60. The van der Waals surface area contributed by atoms with Crippen molar-refractivity contribution in [1.82, 2.24) is 9.55 Å². The van der Waals surface area contributed by atoms with Crippen LogP contribution in [0.15, 0.2) is 85.5 Å². The van der Waals surface area contributed by atoms with Gasteiger partial charge in [0, 0.05) is 38.6 Å². The summed E-state index contributed by atoms with van der Waals surface area (Å²) < 4.78 is 8.21. The quantitative estimate of drug-likeness (QED) is 0.319. The van der Waals surface area contributed by atoms with Crippen LogP contribution in [0.5, 0.6) is 5.75 Å². The maximum atomic E-state index is 6.35. The Kier molecular flexibility index (Phi) is 6.10. The highest BCUT2D eigenvalue weighted by Gasteiger charge is 2.21. The van der Waals surface area contributed by atoms with E-state index in [9.17, 15) is 0 Å². The van der Waals surface area contributed by atoms with Gasteiger partial charge in [-0.15, -0.1) is 0 Å². The highest BCUT2D eigenvalue weighted by Crippen LogP contribution is 2.36. The van der Waals surface area contributed by atoms with Crippen LogP contribution in [-0.2, 0) is 6.61 Å². The monoisotopic (exact) mass is 442 g/mol. The molecule has 0 N–H and O–H groups in total. The normalized spacial score (nSPS) is 12.0. The van der Waals surface area contributed by atoms with Gasteiger partial charge in [-0.25, -0.2) is 4.98 Å². The zero-order valence-electron chi connectivity index (χ0n) is 15.3. The van der Waals surface area contributed by atoms with Crippen molar-refractivity contribution in [3.63, 3.8) is 0 Å². The van der Waals surface area contributed by atoms with Gasteiger partial charge in [-0.1, -0.05) is 71.2 Å². The maximum absolute atomic E-state index is 6.35. The lowest BCUT2D eigenvalue weighted by Crippen LogP contribution is -2.12. The van der Waals surface area contributed by atoms with E-state index in [1.807, 2.05) is 53.2 Å². The highest BCUT2D eigenvalue weighted by molar-refractivity contribution is 6.35. The van der Waals surface area contributed by atoms with Crippen molar-refractivity contribution in [1.29, 1.82) is 0 Å². The Hall–Kier alpha value is -2.46. The number of rotatable bonds is 6. The molecule has 0 spiro atoms. The molecular weight excluding hydrogens is 427 g/mol. The van der Waals surface area contributed by atoms with E-state index in [1.165, 1.54) is 0 Å². The van der Waals surface area contributed by atoms with E-state index in [4.69, 9.17) is 39.5 Å². The number of benzene rings is 3. The van der Waals surface area contributed by atoms with Crippen molar-refractivity contribution in [2.75, 3.05) is 0 Å². The van der Waals surface area contributed by atoms with Crippen LogP contribution in [0.3, 0.4) is 0 Å². The first-order chi connectivity index (χ1) is 14.1. The summed E-state index contributed by atoms with van der Waals surface area (Å²) in [6.07, 6.45) is 5.48. The van der Waals surface area contributed by atoms with Gasteiger partial charge in [0.2, 0.25) is 0 Å². The van der Waals surface area contributed by atoms with Gasteiger partial charge in [0.05, 0.1) is 12.4 Å². The first kappa shape index (κ1) is 19.8. The lowest BCUT2D eigenvalue weighted by molar-refractivity contribution is 0.301. The molecule has 1 aromatic heterocycles. The van der Waals surface area contributed by atoms with Gasteiger partial charge in [0.1, 0.15) is 12.4 Å². The van der Waals surface area contributed by atoms with E-state index in [0.29, 0.717) is 21.7 Å². The lowest BCUT2D eigenvalue weighted by Gasteiger charge is -2.23. The zero-order valence-corrected chi connectivity index (χ0v) is 17.6. The fourth-order valence-corrected chi connectivity index (χ4v) is 3.87. The van der Waals surface area contributed by atoms with Crippen molar-refractivity contribution in [2.24, 2.45) is 0 Å². The standard InChI is InChI=1S/C23H17Cl3N2O/c24-18-8-9-22(29-14-17-6-7-19(25)13-21(17)26)20(12-18)23(28-11-10-27-15-28)16-4-2-1-3-5-16/h1-13,15,23H,14H2. The number of hydrogen-bond acceptors (Lipinski definition) is 2. The molecule has 146 valence electrons. The third-order valence-corrected chi connectivity index (χ3v) is 5.43. The minimum Gasteiger partial charge on any atom is -0.488 e. The molecule has 1 heterocycles. The van der Waals surface area contributed by atoms with Gasteiger partial charge in [-0.05, 0) is 35.9 Å². The van der Waals surface area contributed by atoms with E-state index in [1.54, 1.807) is 24.7 Å². The van der Waals surface area contributed by atoms with Crippen molar-refractivity contribution >= 4 is 34.8 Å². The minimum absolute atomic E-state index is 0.131. The molecule has 1 atom stereocenters. The molecule has 0 amide bonds. The number of hydrogen-bond donors (Lipinski definition) is 0. The summed E-state index contributed by atoms with van der Waals surface area (Å²) in [7, 11) is 0. The molecule has 29 heavy (non-hydrogen) atoms. The SMILES string of the molecule is Clc1ccc(COc2ccc(Cl)cc2C(c2ccccc2)n2ccnc2)c(Cl)c1. The lowest BCUT2D eigenvalue weighted by atomic mass is 9.97. The summed E-state index contributed by atoms with van der Waals surface area (Å²) >= 11 is 18.7. The molecule has 6 heteroatoms. The number of aromatic nitrogens is 2. The molecule has 3 aromatic carbocycles. The Bertz CT molecular complexity index is 1100. The Morgan fingerprint density at radius 3 is 2.38 bits per heavy atom. The summed E-state index contributed by atoms with van der Waals surface area (Å²) in [6.45, 7) is 0.316. The second kappa shape index (κ2) is 8.91. The largest absolute Gasteiger partial charge is 0.488 e. The minimum atomic E-state index is -0.131. The zero-order chi connectivity index (χ0) is 20.2. The van der Waals surface area contributed by atoms with Gasteiger partial charge in [0.25, 0.3) is 0 Å². The highest BCUT2D eigenvalue weighted by atomic mass is 35.5. The molecule has 0 fully saturated rings. The Morgan fingerprint density at radius 2 is 1.66 bits per heavy atom. The Labute approximate surface area is 184 Å². The molecule has 0 saturated heterocycles. The molecule has 0 bridgehead atoms. The Morgan fingerprint density at radius 1 is 0.897 bits per heavy atom. The molecule has 0 aliphatic heterocycles. The van der Waals surface area contributed by atoms with Crippen LogP contribution in [0.25, 0.3) is 0 Å². The van der Waals surface area contributed by atoms with Crippen molar-refractivity contribution in [2.45, 2.75) is 12.6 Å². The number of imidazole rings is 1. The van der Waals surface area contributed by atoms with Crippen LogP contribution in [0, 0.1) is 0 Å². The second-order valence-electron chi connectivity index (χ2n) is 6.53. The fraction of sp³-hybridized carbons (Fsp3) is 0.0870. The van der Waals surface area contributed by atoms with E-state index in [0.717, 1.165) is 22.4 Å². The molecule has 0 radical (unpaired) electrons. The summed E-state index contributed by atoms with van der Waals surface area (Å²) in [6, 6.07) is 21.0. The molecular formula is C23H17Cl3N2O. The van der Waals surface area contributed by atoms with E-state index in [-0.39, 0.29) is 6.04 Å². The van der Waals surface area contributed by atoms with Crippen LogP contribution in [0.4, 0.5) is 0 Å². The summed E-state index contributed by atoms with van der Waals surface area (Å²) in [5.74, 6) is 0.725. The van der Waals surface area contributed by atoms with Crippen LogP contribution in [-0.4, -0.2) is 9.55 Å². The van der Waals surface area contributed by atoms with Gasteiger partial charge in [-0.3, -0.25) is 0 Å². The molecule has 1 unspecified atom stereocenters. The summed E-state index contributed by atoms with van der Waals surface area (Å²) in [5, 5.41) is 1.80. The number of ether oxygens (including phenoxy) is 1. The summed E-state index contributed by atoms with van der Waals surface area (Å²) in [5.41, 5.74) is 2.89. The maximum Gasteiger partial charge on any atom is 0.125 e. The van der Waals surface area contributed by atoms with Crippen LogP contribution >= 0.6 is 34.8 Å². The van der Waals surface area contributed by atoms with E-state index < -0.39 is 0 Å². The predicted octanol–water partition coefficient (Wildman–Crippen LogP) is 7.06. The first-order valence-corrected chi connectivity index (χ1v) is 10.1. The molecule has 0 aliphatic carbocycles. The Balaban J connectivity index is 1.73. The van der Waals surface area contributed by atoms with Crippen molar-refractivity contribution in [3.05, 3.63) is 117 Å². The summed E-state index contributed by atoms with van der Waals surface area (Å²) in [4.78, 5) is 4.22. The molecule has 0 saturated carbocycles. The van der Waals surface area contributed by atoms with E-state index in [2.05, 4.69) is 17.1 Å². The van der Waals surface area contributed by atoms with E-state index >= 15 is 0 Å². The molecule has 4 aromatic rings. The van der Waals surface area contributed by atoms with Gasteiger partial charge >= 0.3 is 0 Å². The van der Waals surface area contributed by atoms with Gasteiger partial charge < -0.3 is 9.30 Å². The topological polar surface area (TPSA) is 27.1 Å². The number of halogens is 3. The van der Waals surface area contributed by atoms with Gasteiger partial charge in [0.15, 0.2) is 0 Å². The molecule has 0 aliphatic rings. The molecule has 3 nitrogen and oxygen atoms in total. The smallest absolute Gasteiger partial charge is 0.125 e. The van der Waals surface area contributed by atoms with Crippen LogP contribution < -0.4 is 4.74 Å². The average molecular weight is 444 g/mol. The number of nitrogens with zero attached hydrogens (tertiary/aromatic N) is 2. The average Bonchev–Trinajstić information content (AvgIpc) is 3.24. The van der Waals surface area contributed by atoms with Crippen molar-refractivity contribution < 1.29 is 4.74 Å². The predicted molar refractivity (Wildman–Crippen MR) is 118 cm³/mol. The van der Waals surface area contributed by atoms with Crippen molar-refractivity contribution in [3.8, 4) is 5.75 Å².